The Hall–Kier alpha value is -1.27. The molecule has 6 heteroatoms. The van der Waals surface area contributed by atoms with Gasteiger partial charge in [0.2, 0.25) is 10.0 Å². The molecular weight excluding hydrogens is 252 g/mol. The third-order valence-corrected chi connectivity index (χ3v) is 3.89. The van der Waals surface area contributed by atoms with Crippen molar-refractivity contribution in [2.24, 2.45) is 0 Å². The van der Waals surface area contributed by atoms with Crippen LogP contribution in [0.25, 0.3) is 0 Å². The van der Waals surface area contributed by atoms with Crippen LogP contribution in [0, 0.1) is 13.8 Å². The third-order valence-electron chi connectivity index (χ3n) is 2.67. The van der Waals surface area contributed by atoms with Crippen molar-refractivity contribution in [3.05, 3.63) is 23.3 Å². The van der Waals surface area contributed by atoms with Crippen molar-refractivity contribution >= 4 is 21.4 Å². The molecular formula is C12H20N2O3S. The summed E-state index contributed by atoms with van der Waals surface area (Å²) < 4.78 is 31.3. The molecule has 0 atom stereocenters. The molecule has 0 radical (unpaired) electrons. The van der Waals surface area contributed by atoms with Gasteiger partial charge in [0.15, 0.2) is 0 Å². The minimum absolute atomic E-state index is 0.0610. The Morgan fingerprint density at radius 1 is 1.33 bits per heavy atom. The van der Waals surface area contributed by atoms with Crippen molar-refractivity contribution in [3.63, 3.8) is 0 Å². The first-order valence-corrected chi connectivity index (χ1v) is 7.46. The summed E-state index contributed by atoms with van der Waals surface area (Å²) in [5.41, 5.74) is 8.50. The number of aryl methyl sites for hydroxylation is 1. The van der Waals surface area contributed by atoms with Crippen LogP contribution in [0.5, 0.6) is 0 Å². The van der Waals surface area contributed by atoms with Gasteiger partial charge in [0, 0.05) is 12.3 Å². The molecule has 102 valence electrons. The van der Waals surface area contributed by atoms with E-state index in [0.29, 0.717) is 18.0 Å². The van der Waals surface area contributed by atoms with Crippen LogP contribution in [0.15, 0.2) is 12.1 Å². The van der Waals surface area contributed by atoms with Gasteiger partial charge in [0.1, 0.15) is 0 Å². The Morgan fingerprint density at radius 2 is 2.00 bits per heavy atom. The van der Waals surface area contributed by atoms with Crippen LogP contribution < -0.4 is 10.5 Å². The molecule has 0 aliphatic rings. The molecule has 1 aromatic carbocycles. The summed E-state index contributed by atoms with van der Waals surface area (Å²) in [6.45, 7) is 6.15. The van der Waals surface area contributed by atoms with E-state index in [-0.39, 0.29) is 12.4 Å². The zero-order chi connectivity index (χ0) is 13.8. The third kappa shape index (κ3) is 3.89. The minimum Gasteiger partial charge on any atom is -0.398 e. The molecule has 0 unspecified atom stereocenters. The number of nitrogens with two attached hydrogens (primary N) is 1. The van der Waals surface area contributed by atoms with E-state index < -0.39 is 10.0 Å². The van der Waals surface area contributed by atoms with E-state index in [1.165, 1.54) is 0 Å². The second-order valence-corrected chi connectivity index (χ2v) is 5.93. The average Bonchev–Trinajstić information content (AvgIpc) is 2.30. The largest absolute Gasteiger partial charge is 0.398 e. The number of benzene rings is 1. The fourth-order valence-corrected chi connectivity index (χ4v) is 2.60. The lowest BCUT2D eigenvalue weighted by atomic mass is 10.1. The van der Waals surface area contributed by atoms with Crippen LogP contribution in [0.2, 0.25) is 0 Å². The van der Waals surface area contributed by atoms with Crippen LogP contribution in [-0.2, 0) is 14.8 Å². The van der Waals surface area contributed by atoms with E-state index in [9.17, 15) is 8.42 Å². The second kappa shape index (κ2) is 6.06. The Kier molecular flexibility index (Phi) is 4.98. The highest BCUT2D eigenvalue weighted by atomic mass is 32.2. The number of sulfonamides is 1. The molecule has 0 heterocycles. The van der Waals surface area contributed by atoms with Gasteiger partial charge in [-0.25, -0.2) is 8.42 Å². The number of rotatable bonds is 6. The average molecular weight is 272 g/mol. The quantitative estimate of drug-likeness (QED) is 0.609. The van der Waals surface area contributed by atoms with Crippen LogP contribution >= 0.6 is 0 Å². The predicted octanol–water partition coefficient (Wildman–Crippen LogP) is 1.66. The first kappa shape index (κ1) is 14.8. The molecule has 0 saturated heterocycles. The summed E-state index contributed by atoms with van der Waals surface area (Å²) >= 11 is 0. The molecule has 0 amide bonds. The van der Waals surface area contributed by atoms with Gasteiger partial charge in [-0.3, -0.25) is 4.72 Å². The Morgan fingerprint density at radius 3 is 2.61 bits per heavy atom. The summed E-state index contributed by atoms with van der Waals surface area (Å²) in [4.78, 5) is 0. The van der Waals surface area contributed by atoms with E-state index in [1.807, 2.05) is 13.8 Å². The summed E-state index contributed by atoms with van der Waals surface area (Å²) in [7, 11) is -3.40. The smallest absolute Gasteiger partial charge is 0.235 e. The fraction of sp³-hybridized carbons (Fsp3) is 0.500. The number of hydrogen-bond acceptors (Lipinski definition) is 4. The highest BCUT2D eigenvalue weighted by Crippen LogP contribution is 2.26. The van der Waals surface area contributed by atoms with Crippen LogP contribution in [-0.4, -0.2) is 27.4 Å². The zero-order valence-electron chi connectivity index (χ0n) is 11.0. The molecule has 0 saturated carbocycles. The highest BCUT2D eigenvalue weighted by molar-refractivity contribution is 7.92. The minimum atomic E-state index is -3.40. The van der Waals surface area contributed by atoms with Gasteiger partial charge in [-0.05, 0) is 38.0 Å². The maximum atomic E-state index is 11.9. The molecule has 0 aliphatic carbocycles. The van der Waals surface area contributed by atoms with E-state index in [4.69, 9.17) is 10.5 Å². The van der Waals surface area contributed by atoms with Crippen LogP contribution in [0.4, 0.5) is 11.4 Å². The molecule has 0 aromatic heterocycles. The van der Waals surface area contributed by atoms with Crippen molar-refractivity contribution < 1.29 is 13.2 Å². The van der Waals surface area contributed by atoms with Crippen molar-refractivity contribution in [1.82, 2.24) is 0 Å². The van der Waals surface area contributed by atoms with Gasteiger partial charge in [-0.1, -0.05) is 6.07 Å². The Bertz CT molecular complexity index is 512. The number of hydrogen-bond donors (Lipinski definition) is 2. The summed E-state index contributed by atoms with van der Waals surface area (Å²) in [5, 5.41) is 0. The van der Waals surface area contributed by atoms with E-state index in [1.54, 1.807) is 19.1 Å². The van der Waals surface area contributed by atoms with Gasteiger partial charge in [-0.2, -0.15) is 0 Å². The predicted molar refractivity (Wildman–Crippen MR) is 74.2 cm³/mol. The van der Waals surface area contributed by atoms with Crippen molar-refractivity contribution in [2.45, 2.75) is 20.8 Å². The van der Waals surface area contributed by atoms with Gasteiger partial charge >= 0.3 is 0 Å². The number of ether oxygens (including phenoxy) is 1. The lowest BCUT2D eigenvalue weighted by molar-refractivity contribution is 0.163. The maximum absolute atomic E-state index is 11.9. The fourth-order valence-electron chi connectivity index (χ4n) is 1.54. The Balaban J connectivity index is 2.87. The van der Waals surface area contributed by atoms with Gasteiger partial charge in [0.05, 0.1) is 18.0 Å². The maximum Gasteiger partial charge on any atom is 0.235 e. The van der Waals surface area contributed by atoms with E-state index >= 15 is 0 Å². The molecule has 1 rings (SSSR count). The molecule has 3 N–H and O–H groups in total. The lowest BCUT2D eigenvalue weighted by Crippen LogP contribution is -2.21. The highest BCUT2D eigenvalue weighted by Gasteiger charge is 2.14. The molecule has 0 bridgehead atoms. The number of nitrogen functional groups attached to an aromatic ring is 1. The monoisotopic (exact) mass is 272 g/mol. The first-order valence-electron chi connectivity index (χ1n) is 5.81. The normalized spacial score (nSPS) is 11.5. The summed E-state index contributed by atoms with van der Waals surface area (Å²) in [6, 6.07) is 3.56. The molecule has 5 nitrogen and oxygen atoms in total. The van der Waals surface area contributed by atoms with E-state index in [2.05, 4.69) is 4.72 Å². The topological polar surface area (TPSA) is 81.4 Å². The number of nitrogens with one attached hydrogen (secondary N) is 1. The van der Waals surface area contributed by atoms with Gasteiger partial charge in [-0.15, -0.1) is 0 Å². The van der Waals surface area contributed by atoms with Crippen molar-refractivity contribution in [2.75, 3.05) is 29.4 Å². The number of anilines is 2. The zero-order valence-corrected chi connectivity index (χ0v) is 11.8. The first-order chi connectivity index (χ1) is 8.37. The standard InChI is InChI=1S/C12H20N2O3S/c1-4-17-7-8-18(15,16)14-12-9(2)5-6-11(13)10(12)3/h5-6,14H,4,7-8,13H2,1-3H3. The van der Waals surface area contributed by atoms with Gasteiger partial charge < -0.3 is 10.5 Å². The van der Waals surface area contributed by atoms with Crippen LogP contribution in [0.3, 0.4) is 0 Å². The van der Waals surface area contributed by atoms with Crippen molar-refractivity contribution in [3.8, 4) is 0 Å². The Labute approximate surface area is 108 Å². The SMILES string of the molecule is CCOCCS(=O)(=O)Nc1c(C)ccc(N)c1C. The van der Waals surface area contributed by atoms with E-state index in [0.717, 1.165) is 11.1 Å². The molecule has 1 aromatic rings. The van der Waals surface area contributed by atoms with Crippen molar-refractivity contribution in [1.29, 1.82) is 0 Å². The summed E-state index contributed by atoms with van der Waals surface area (Å²) in [6.07, 6.45) is 0. The van der Waals surface area contributed by atoms with Crippen LogP contribution in [0.1, 0.15) is 18.1 Å². The second-order valence-electron chi connectivity index (χ2n) is 4.09. The molecule has 0 aliphatic heterocycles. The lowest BCUT2D eigenvalue weighted by Gasteiger charge is -2.14. The summed E-state index contributed by atoms with van der Waals surface area (Å²) in [5.74, 6) is -0.0610. The molecule has 0 spiro atoms. The van der Waals surface area contributed by atoms with Gasteiger partial charge in [0.25, 0.3) is 0 Å². The molecule has 18 heavy (non-hydrogen) atoms. The molecule has 0 fully saturated rings.